The molecule has 8 nitrogen and oxygen atoms in total. The van der Waals surface area contributed by atoms with Crippen LogP contribution in [0.25, 0.3) is 0 Å². The van der Waals surface area contributed by atoms with Crippen LogP contribution in [0.3, 0.4) is 0 Å². The summed E-state index contributed by atoms with van der Waals surface area (Å²) in [5.74, 6) is 0.127. The molecule has 0 bridgehead atoms. The van der Waals surface area contributed by atoms with E-state index in [1.165, 1.54) is 25.1 Å². The van der Waals surface area contributed by atoms with E-state index in [0.717, 1.165) is 25.9 Å². The van der Waals surface area contributed by atoms with E-state index in [1.54, 1.807) is 30.3 Å². The molecule has 2 aromatic carbocycles. The maximum Gasteiger partial charge on any atom is 0.310 e. The van der Waals surface area contributed by atoms with E-state index < -0.39 is 16.9 Å². The van der Waals surface area contributed by atoms with Gasteiger partial charge in [0.25, 0.3) is 11.8 Å². The SMILES string of the molecule is CC1CCN(C(=O)c2cccc(NC(=O)C(C)Oc3ccccc3[N+](=O)[O-])c2)CC1. The highest BCUT2D eigenvalue weighted by Gasteiger charge is 2.23. The van der Waals surface area contributed by atoms with Crippen molar-refractivity contribution in [2.24, 2.45) is 5.92 Å². The maximum atomic E-state index is 12.7. The van der Waals surface area contributed by atoms with E-state index >= 15 is 0 Å². The highest BCUT2D eigenvalue weighted by atomic mass is 16.6. The number of rotatable bonds is 6. The zero-order valence-electron chi connectivity index (χ0n) is 17.0. The number of hydrogen-bond acceptors (Lipinski definition) is 5. The lowest BCUT2D eigenvalue weighted by molar-refractivity contribution is -0.386. The lowest BCUT2D eigenvalue weighted by atomic mass is 9.98. The third-order valence-corrected chi connectivity index (χ3v) is 5.18. The van der Waals surface area contributed by atoms with Crippen molar-refractivity contribution in [2.75, 3.05) is 18.4 Å². The van der Waals surface area contributed by atoms with Crippen LogP contribution in [0.2, 0.25) is 0 Å². The lowest BCUT2D eigenvalue weighted by Crippen LogP contribution is -2.38. The fraction of sp³-hybridized carbons (Fsp3) is 0.364. The zero-order valence-corrected chi connectivity index (χ0v) is 17.0. The van der Waals surface area contributed by atoms with Gasteiger partial charge in [-0.05, 0) is 49.9 Å². The first-order valence-electron chi connectivity index (χ1n) is 9.95. The van der Waals surface area contributed by atoms with Crippen molar-refractivity contribution in [1.29, 1.82) is 0 Å². The van der Waals surface area contributed by atoms with Crippen LogP contribution >= 0.6 is 0 Å². The standard InChI is InChI=1S/C22H25N3O5/c1-15-10-12-24(13-11-15)22(27)17-6-5-7-18(14-17)23-21(26)16(2)30-20-9-4-3-8-19(20)25(28)29/h3-9,14-16H,10-13H2,1-2H3,(H,23,26). The number of ether oxygens (including phenoxy) is 1. The van der Waals surface area contributed by atoms with Crippen LogP contribution in [0, 0.1) is 16.0 Å². The fourth-order valence-corrected chi connectivity index (χ4v) is 3.32. The van der Waals surface area contributed by atoms with Crippen LogP contribution in [0.4, 0.5) is 11.4 Å². The van der Waals surface area contributed by atoms with Crippen LogP contribution in [-0.4, -0.2) is 40.8 Å². The molecule has 1 saturated heterocycles. The molecule has 1 unspecified atom stereocenters. The summed E-state index contributed by atoms with van der Waals surface area (Å²) < 4.78 is 5.49. The van der Waals surface area contributed by atoms with Crippen LogP contribution in [0.15, 0.2) is 48.5 Å². The Morgan fingerprint density at radius 3 is 2.57 bits per heavy atom. The Kier molecular flexibility index (Phi) is 6.66. The smallest absolute Gasteiger partial charge is 0.310 e. The van der Waals surface area contributed by atoms with Crippen LogP contribution in [-0.2, 0) is 4.79 Å². The van der Waals surface area contributed by atoms with E-state index in [4.69, 9.17) is 4.74 Å². The number of para-hydroxylation sites is 2. The molecule has 158 valence electrons. The first kappa shape index (κ1) is 21.3. The van der Waals surface area contributed by atoms with Crippen molar-refractivity contribution in [3.8, 4) is 5.75 Å². The number of nitrogens with zero attached hydrogens (tertiary/aromatic N) is 2. The van der Waals surface area contributed by atoms with Gasteiger partial charge in [0.2, 0.25) is 0 Å². The van der Waals surface area contributed by atoms with Gasteiger partial charge in [-0.3, -0.25) is 19.7 Å². The largest absolute Gasteiger partial charge is 0.474 e. The molecule has 0 radical (unpaired) electrons. The van der Waals surface area contributed by atoms with E-state index in [-0.39, 0.29) is 17.3 Å². The Hall–Kier alpha value is -3.42. The average Bonchev–Trinajstić information content (AvgIpc) is 2.74. The number of likely N-dealkylation sites (tertiary alicyclic amines) is 1. The number of benzene rings is 2. The second-order valence-electron chi connectivity index (χ2n) is 7.53. The third kappa shape index (κ3) is 5.14. The van der Waals surface area contributed by atoms with E-state index in [9.17, 15) is 19.7 Å². The van der Waals surface area contributed by atoms with Gasteiger partial charge < -0.3 is 15.0 Å². The molecule has 2 aromatic rings. The molecule has 1 N–H and O–H groups in total. The average molecular weight is 411 g/mol. The summed E-state index contributed by atoms with van der Waals surface area (Å²) in [6.07, 6.45) is 1.01. The van der Waals surface area contributed by atoms with Crippen molar-refractivity contribution in [1.82, 2.24) is 4.90 Å². The van der Waals surface area contributed by atoms with Gasteiger partial charge in [0.15, 0.2) is 11.9 Å². The molecular weight excluding hydrogens is 386 g/mol. The zero-order chi connectivity index (χ0) is 21.7. The molecule has 2 amide bonds. The number of carbonyl (C=O) groups excluding carboxylic acids is 2. The lowest BCUT2D eigenvalue weighted by Gasteiger charge is -2.30. The Balaban J connectivity index is 1.65. The minimum Gasteiger partial charge on any atom is -0.474 e. The number of nitro benzene ring substituents is 1. The topological polar surface area (TPSA) is 102 Å². The number of anilines is 1. The highest BCUT2D eigenvalue weighted by Crippen LogP contribution is 2.27. The van der Waals surface area contributed by atoms with Gasteiger partial charge in [0.05, 0.1) is 4.92 Å². The Bertz CT molecular complexity index is 938. The predicted octanol–water partition coefficient (Wildman–Crippen LogP) is 3.87. The van der Waals surface area contributed by atoms with Gasteiger partial charge in [-0.1, -0.05) is 25.1 Å². The summed E-state index contributed by atoms with van der Waals surface area (Å²) in [6, 6.07) is 12.6. The molecule has 1 heterocycles. The molecule has 3 rings (SSSR count). The van der Waals surface area contributed by atoms with Crippen molar-refractivity contribution in [3.05, 3.63) is 64.2 Å². The number of nitro groups is 1. The van der Waals surface area contributed by atoms with Crippen molar-refractivity contribution >= 4 is 23.2 Å². The summed E-state index contributed by atoms with van der Waals surface area (Å²) in [5, 5.41) is 13.8. The number of piperidine rings is 1. The fourth-order valence-electron chi connectivity index (χ4n) is 3.32. The minimum absolute atomic E-state index is 0.0217. The van der Waals surface area contributed by atoms with Gasteiger partial charge in [-0.2, -0.15) is 0 Å². The monoisotopic (exact) mass is 411 g/mol. The minimum atomic E-state index is -0.964. The highest BCUT2D eigenvalue weighted by molar-refractivity contribution is 5.98. The predicted molar refractivity (Wildman–Crippen MR) is 113 cm³/mol. The van der Waals surface area contributed by atoms with Crippen LogP contribution < -0.4 is 10.1 Å². The van der Waals surface area contributed by atoms with Crippen molar-refractivity contribution < 1.29 is 19.2 Å². The molecule has 1 fully saturated rings. The van der Waals surface area contributed by atoms with Crippen LogP contribution in [0.5, 0.6) is 5.75 Å². The van der Waals surface area contributed by atoms with E-state index in [2.05, 4.69) is 12.2 Å². The maximum absolute atomic E-state index is 12.7. The molecule has 1 atom stereocenters. The van der Waals surface area contributed by atoms with Gasteiger partial charge >= 0.3 is 5.69 Å². The van der Waals surface area contributed by atoms with Crippen LogP contribution in [0.1, 0.15) is 37.0 Å². The summed E-state index contributed by atoms with van der Waals surface area (Å²) in [4.78, 5) is 37.6. The molecule has 8 heteroatoms. The van der Waals surface area contributed by atoms with Gasteiger partial charge in [-0.25, -0.2) is 0 Å². The van der Waals surface area contributed by atoms with Crippen molar-refractivity contribution in [2.45, 2.75) is 32.8 Å². The molecule has 30 heavy (non-hydrogen) atoms. The van der Waals surface area contributed by atoms with E-state index in [1.807, 2.05) is 4.90 Å². The molecule has 0 aliphatic carbocycles. The molecule has 0 saturated carbocycles. The number of amides is 2. The second-order valence-corrected chi connectivity index (χ2v) is 7.53. The van der Waals surface area contributed by atoms with Gasteiger partial charge in [-0.15, -0.1) is 0 Å². The number of nitrogens with one attached hydrogen (secondary N) is 1. The molecule has 1 aliphatic heterocycles. The van der Waals surface area contributed by atoms with E-state index in [0.29, 0.717) is 17.2 Å². The van der Waals surface area contributed by atoms with Gasteiger partial charge in [0, 0.05) is 30.4 Å². The molecule has 0 aromatic heterocycles. The molecular formula is C22H25N3O5. The molecule has 0 spiro atoms. The first-order chi connectivity index (χ1) is 14.3. The summed E-state index contributed by atoms with van der Waals surface area (Å²) in [7, 11) is 0. The second kappa shape index (κ2) is 9.39. The number of hydrogen-bond donors (Lipinski definition) is 1. The third-order valence-electron chi connectivity index (χ3n) is 5.18. The van der Waals surface area contributed by atoms with Crippen molar-refractivity contribution in [3.63, 3.8) is 0 Å². The number of carbonyl (C=O) groups is 2. The first-order valence-corrected chi connectivity index (χ1v) is 9.95. The van der Waals surface area contributed by atoms with Gasteiger partial charge in [0.1, 0.15) is 0 Å². The Morgan fingerprint density at radius 2 is 1.87 bits per heavy atom. The Labute approximate surface area is 175 Å². The summed E-state index contributed by atoms with van der Waals surface area (Å²) >= 11 is 0. The quantitative estimate of drug-likeness (QED) is 0.574. The molecule has 1 aliphatic rings. The summed E-state index contributed by atoms with van der Waals surface area (Å²) in [6.45, 7) is 5.16. The summed E-state index contributed by atoms with van der Waals surface area (Å²) in [5.41, 5.74) is 0.768. The normalized spacial score (nSPS) is 15.3. The Morgan fingerprint density at radius 1 is 1.17 bits per heavy atom.